The van der Waals surface area contributed by atoms with Crippen LogP contribution in [0.3, 0.4) is 0 Å². The third-order valence-corrected chi connectivity index (χ3v) is 4.74. The number of rotatable bonds is 1. The number of aromatic nitrogens is 3. The molecule has 2 saturated heterocycles. The lowest BCUT2D eigenvalue weighted by atomic mass is 9.94. The zero-order valence-electron chi connectivity index (χ0n) is 14.6. The highest BCUT2D eigenvalue weighted by molar-refractivity contribution is 5.96. The Morgan fingerprint density at radius 2 is 2.08 bits per heavy atom. The molecule has 4 rings (SSSR count). The van der Waals surface area contributed by atoms with Gasteiger partial charge in [-0.2, -0.15) is 0 Å². The van der Waals surface area contributed by atoms with Gasteiger partial charge in [-0.25, -0.2) is 9.78 Å². The maximum absolute atomic E-state index is 13.1. The predicted octanol–water partition coefficient (Wildman–Crippen LogP) is 0.0215. The van der Waals surface area contributed by atoms with E-state index in [9.17, 15) is 14.4 Å². The van der Waals surface area contributed by atoms with Gasteiger partial charge in [-0.05, 0) is 19.9 Å². The number of hydrogen-bond acceptors (Lipinski definition) is 6. The van der Waals surface area contributed by atoms with Gasteiger partial charge in [0.25, 0.3) is 11.5 Å². The van der Waals surface area contributed by atoms with E-state index in [2.05, 4.69) is 15.0 Å². The maximum Gasteiger partial charge on any atom is 0.327 e. The molecule has 4 heterocycles. The van der Waals surface area contributed by atoms with Gasteiger partial charge in [0, 0.05) is 25.8 Å². The summed E-state index contributed by atoms with van der Waals surface area (Å²) in [6.45, 7) is 5.81. The van der Waals surface area contributed by atoms with Crippen LogP contribution in [0.4, 0.5) is 0 Å². The van der Waals surface area contributed by atoms with Crippen LogP contribution in [-0.4, -0.2) is 63.3 Å². The van der Waals surface area contributed by atoms with Crippen LogP contribution in [0.2, 0.25) is 0 Å². The fraction of sp³-hybridized carbons (Fsp3) is 0.529. The molecular formula is C17H20N4O5. The summed E-state index contributed by atoms with van der Waals surface area (Å²) in [4.78, 5) is 46.7. The van der Waals surface area contributed by atoms with Gasteiger partial charge in [0.2, 0.25) is 0 Å². The molecule has 26 heavy (non-hydrogen) atoms. The minimum atomic E-state index is -0.632. The lowest BCUT2D eigenvalue weighted by Gasteiger charge is -2.48. The lowest BCUT2D eigenvalue weighted by Crippen LogP contribution is -2.61. The number of amides is 1. The van der Waals surface area contributed by atoms with Crippen molar-refractivity contribution in [3.63, 3.8) is 0 Å². The Hall–Kier alpha value is -2.52. The number of carbonyl (C=O) groups is 1. The predicted molar refractivity (Wildman–Crippen MR) is 92.2 cm³/mol. The quantitative estimate of drug-likeness (QED) is 0.740. The maximum atomic E-state index is 13.1. The third kappa shape index (κ3) is 2.93. The van der Waals surface area contributed by atoms with Crippen molar-refractivity contribution in [3.05, 3.63) is 38.7 Å². The Bertz CT molecular complexity index is 987. The van der Waals surface area contributed by atoms with E-state index in [4.69, 9.17) is 9.47 Å². The van der Waals surface area contributed by atoms with Gasteiger partial charge in [-0.3, -0.25) is 19.6 Å². The van der Waals surface area contributed by atoms with Crippen molar-refractivity contribution in [1.29, 1.82) is 0 Å². The summed E-state index contributed by atoms with van der Waals surface area (Å²) in [5, 5.41) is 0.168. The second-order valence-electron chi connectivity index (χ2n) is 7.54. The summed E-state index contributed by atoms with van der Waals surface area (Å²) in [6.07, 6.45) is 2.11. The molecule has 1 spiro atoms. The first-order valence-electron chi connectivity index (χ1n) is 8.47. The van der Waals surface area contributed by atoms with Crippen LogP contribution in [0, 0.1) is 0 Å². The highest BCUT2D eigenvalue weighted by atomic mass is 16.6. The molecular weight excluding hydrogens is 340 g/mol. The van der Waals surface area contributed by atoms with Crippen molar-refractivity contribution in [1.82, 2.24) is 19.9 Å². The smallest absolute Gasteiger partial charge is 0.327 e. The molecule has 2 aliphatic heterocycles. The molecule has 2 aromatic heterocycles. The highest BCUT2D eigenvalue weighted by Gasteiger charge is 2.48. The van der Waals surface area contributed by atoms with Crippen LogP contribution in [0.25, 0.3) is 11.0 Å². The van der Waals surface area contributed by atoms with Crippen molar-refractivity contribution in [3.8, 4) is 0 Å². The number of pyridine rings is 1. The molecule has 0 saturated carbocycles. The van der Waals surface area contributed by atoms with E-state index in [1.807, 2.05) is 13.8 Å². The second-order valence-corrected chi connectivity index (χ2v) is 7.54. The number of H-pyrrole nitrogens is 2. The summed E-state index contributed by atoms with van der Waals surface area (Å²) in [5.41, 5.74) is -1.76. The van der Waals surface area contributed by atoms with E-state index in [-0.39, 0.29) is 16.9 Å². The number of aromatic amines is 2. The molecule has 2 aromatic rings. The van der Waals surface area contributed by atoms with Gasteiger partial charge in [-0.1, -0.05) is 0 Å². The Morgan fingerprint density at radius 1 is 1.27 bits per heavy atom. The fourth-order valence-electron chi connectivity index (χ4n) is 3.80. The van der Waals surface area contributed by atoms with Crippen molar-refractivity contribution in [2.45, 2.75) is 31.5 Å². The van der Waals surface area contributed by atoms with Crippen LogP contribution in [0.5, 0.6) is 0 Å². The van der Waals surface area contributed by atoms with Crippen LogP contribution in [-0.2, 0) is 9.47 Å². The Kier molecular flexibility index (Phi) is 3.74. The molecule has 1 atom stereocenters. The van der Waals surface area contributed by atoms with Crippen LogP contribution in [0.1, 0.15) is 30.6 Å². The van der Waals surface area contributed by atoms with Gasteiger partial charge >= 0.3 is 5.69 Å². The highest BCUT2D eigenvalue weighted by Crippen LogP contribution is 2.35. The number of hydrogen-bond donors (Lipinski definition) is 2. The zero-order valence-corrected chi connectivity index (χ0v) is 14.6. The number of nitrogens with one attached hydrogen (secondary N) is 2. The fourth-order valence-corrected chi connectivity index (χ4v) is 3.80. The second kappa shape index (κ2) is 5.75. The van der Waals surface area contributed by atoms with Crippen molar-refractivity contribution < 1.29 is 14.3 Å². The first kappa shape index (κ1) is 16.9. The standard InChI is InChI=1S/C17H20N4O5/c1-16(2)7-21(8-17(26-16)3-4-25-9-17)14(23)10-5-11-12(18-6-10)19-15(24)20-13(11)22/h5-6H,3-4,7-9H2,1-2H3,(H2,18,19,20,22,24). The first-order valence-corrected chi connectivity index (χ1v) is 8.47. The van der Waals surface area contributed by atoms with E-state index in [1.165, 1.54) is 12.3 Å². The number of nitrogens with zero attached hydrogens (tertiary/aromatic N) is 2. The van der Waals surface area contributed by atoms with Crippen molar-refractivity contribution in [2.24, 2.45) is 0 Å². The van der Waals surface area contributed by atoms with Crippen LogP contribution < -0.4 is 11.2 Å². The SMILES string of the molecule is CC1(C)CN(C(=O)c2cnc3[nH]c(=O)[nH]c(=O)c3c2)CC2(CCOC2)O1. The summed E-state index contributed by atoms with van der Waals surface area (Å²) < 4.78 is 11.7. The average Bonchev–Trinajstić information content (AvgIpc) is 2.99. The van der Waals surface area contributed by atoms with Crippen LogP contribution in [0.15, 0.2) is 21.9 Å². The van der Waals surface area contributed by atoms with Gasteiger partial charge in [-0.15, -0.1) is 0 Å². The minimum absolute atomic E-state index is 0.151. The third-order valence-electron chi connectivity index (χ3n) is 4.74. The molecule has 2 N–H and O–H groups in total. The van der Waals surface area contributed by atoms with Crippen LogP contribution >= 0.6 is 0 Å². The van der Waals surface area contributed by atoms with E-state index >= 15 is 0 Å². The number of carbonyl (C=O) groups excluding carboxylic acids is 1. The van der Waals surface area contributed by atoms with Gasteiger partial charge in [0.1, 0.15) is 11.2 Å². The number of morpholine rings is 1. The average molecular weight is 360 g/mol. The zero-order chi connectivity index (χ0) is 18.5. The molecule has 9 nitrogen and oxygen atoms in total. The van der Waals surface area contributed by atoms with Gasteiger partial charge < -0.3 is 14.4 Å². The molecule has 2 fully saturated rings. The van der Waals surface area contributed by atoms with Gasteiger partial charge in [0.05, 0.1) is 29.7 Å². The van der Waals surface area contributed by atoms with E-state index in [1.54, 1.807) is 4.90 Å². The van der Waals surface area contributed by atoms with E-state index in [0.29, 0.717) is 31.9 Å². The Labute approximate surface area is 148 Å². The number of ether oxygens (including phenoxy) is 2. The summed E-state index contributed by atoms with van der Waals surface area (Å²) in [5.74, 6) is -0.229. The summed E-state index contributed by atoms with van der Waals surface area (Å²) >= 11 is 0. The monoisotopic (exact) mass is 360 g/mol. The van der Waals surface area contributed by atoms with E-state index in [0.717, 1.165) is 6.42 Å². The summed E-state index contributed by atoms with van der Waals surface area (Å²) in [6, 6.07) is 1.46. The van der Waals surface area contributed by atoms with Crippen molar-refractivity contribution >= 4 is 16.9 Å². The van der Waals surface area contributed by atoms with Gasteiger partial charge in [0.15, 0.2) is 0 Å². The molecule has 0 aromatic carbocycles. The molecule has 9 heteroatoms. The minimum Gasteiger partial charge on any atom is -0.378 e. The molecule has 138 valence electrons. The molecule has 0 aliphatic carbocycles. The normalized spacial score (nSPS) is 25.1. The van der Waals surface area contributed by atoms with E-state index < -0.39 is 22.5 Å². The number of fused-ring (bicyclic) bond motifs is 1. The molecule has 0 bridgehead atoms. The molecule has 1 unspecified atom stereocenters. The first-order chi connectivity index (χ1) is 12.3. The topological polar surface area (TPSA) is 117 Å². The van der Waals surface area contributed by atoms with Crippen molar-refractivity contribution in [2.75, 3.05) is 26.3 Å². The summed E-state index contributed by atoms with van der Waals surface area (Å²) in [7, 11) is 0. The molecule has 0 radical (unpaired) electrons. The Balaban J connectivity index is 1.69. The Morgan fingerprint density at radius 3 is 2.81 bits per heavy atom. The largest absolute Gasteiger partial charge is 0.378 e. The lowest BCUT2D eigenvalue weighted by molar-refractivity contribution is -0.186. The molecule has 1 amide bonds. The molecule has 2 aliphatic rings.